The van der Waals surface area contributed by atoms with Gasteiger partial charge in [0.15, 0.2) is 0 Å². The van der Waals surface area contributed by atoms with Gasteiger partial charge in [0.05, 0.1) is 12.1 Å². The molecule has 0 aliphatic rings. The second-order valence-corrected chi connectivity index (χ2v) is 5.91. The van der Waals surface area contributed by atoms with Crippen molar-refractivity contribution in [2.75, 3.05) is 7.05 Å². The van der Waals surface area contributed by atoms with Gasteiger partial charge in [0, 0.05) is 20.2 Å². The molecule has 0 radical (unpaired) electrons. The molecule has 0 fully saturated rings. The third-order valence-corrected chi connectivity index (χ3v) is 4.18. The van der Waals surface area contributed by atoms with Crippen LogP contribution in [0.15, 0.2) is 33.2 Å². The zero-order valence-corrected chi connectivity index (χ0v) is 13.3. The Morgan fingerprint density at radius 1 is 1.35 bits per heavy atom. The predicted molar refractivity (Wildman–Crippen MR) is 85.5 cm³/mol. The first kappa shape index (κ1) is 15.1. The van der Waals surface area contributed by atoms with Crippen molar-refractivity contribution in [1.82, 2.24) is 24.6 Å². The average molecular weight is 331 g/mol. The number of hydrogen-bond donors (Lipinski definition) is 1. The van der Waals surface area contributed by atoms with Crippen LogP contribution in [0.1, 0.15) is 16.3 Å². The molecule has 0 aliphatic heterocycles. The van der Waals surface area contributed by atoms with E-state index >= 15 is 0 Å². The largest absolute Gasteiger partial charge is 0.333 e. The summed E-state index contributed by atoms with van der Waals surface area (Å²) in [5, 5.41) is 5.71. The van der Waals surface area contributed by atoms with E-state index in [-0.39, 0.29) is 29.3 Å². The van der Waals surface area contributed by atoms with Gasteiger partial charge in [-0.25, -0.2) is 9.67 Å². The first-order valence-corrected chi connectivity index (χ1v) is 7.60. The highest BCUT2D eigenvalue weighted by atomic mass is 32.1. The lowest BCUT2D eigenvalue weighted by molar-refractivity contribution is 0.0773. The van der Waals surface area contributed by atoms with E-state index in [1.807, 2.05) is 0 Å². The fourth-order valence-corrected chi connectivity index (χ4v) is 2.83. The minimum atomic E-state index is -0.367. The zero-order valence-electron chi connectivity index (χ0n) is 12.4. The number of carbonyl (C=O) groups is 1. The van der Waals surface area contributed by atoms with E-state index in [2.05, 4.69) is 15.1 Å². The van der Waals surface area contributed by atoms with Crippen LogP contribution in [0.4, 0.5) is 0 Å². The van der Waals surface area contributed by atoms with E-state index in [1.54, 1.807) is 18.5 Å². The van der Waals surface area contributed by atoms with Crippen LogP contribution >= 0.6 is 11.3 Å². The van der Waals surface area contributed by atoms with Gasteiger partial charge in [-0.05, 0) is 17.5 Å². The summed E-state index contributed by atoms with van der Waals surface area (Å²) < 4.78 is 1.65. The Balaban J connectivity index is 1.85. The normalized spacial score (nSPS) is 10.9. The molecule has 8 nitrogen and oxygen atoms in total. The molecule has 0 unspecified atom stereocenters. The van der Waals surface area contributed by atoms with E-state index in [4.69, 9.17) is 0 Å². The molecule has 3 heterocycles. The number of hydrogen-bond acceptors (Lipinski definition) is 6. The number of rotatable bonds is 3. The predicted octanol–water partition coefficient (Wildman–Crippen LogP) is 0.350. The zero-order chi connectivity index (χ0) is 16.6. The Bertz CT molecular complexity index is 1000. The Morgan fingerprint density at radius 2 is 2.13 bits per heavy atom. The molecule has 0 saturated heterocycles. The van der Waals surface area contributed by atoms with Gasteiger partial charge in [0.2, 0.25) is 0 Å². The number of nitrogens with one attached hydrogen (secondary N) is 1. The summed E-state index contributed by atoms with van der Waals surface area (Å²) in [6, 6.07) is 4.42. The molecule has 0 aromatic carbocycles. The van der Waals surface area contributed by atoms with Crippen LogP contribution in [-0.4, -0.2) is 37.6 Å². The second kappa shape index (κ2) is 5.76. The fraction of sp³-hybridized carbons (Fsp3) is 0.214. The fourth-order valence-electron chi connectivity index (χ4n) is 2.10. The Labute approximate surface area is 134 Å². The molecule has 1 N–H and O–H groups in total. The number of amides is 1. The maximum absolute atomic E-state index is 12.3. The number of aromatic nitrogens is 4. The molecule has 3 rings (SSSR count). The number of carbonyl (C=O) groups excluding carboxylic acids is 1. The molecule has 9 heteroatoms. The molecule has 0 spiro atoms. The van der Waals surface area contributed by atoms with Crippen LogP contribution in [0.2, 0.25) is 0 Å². The molecular weight excluding hydrogens is 318 g/mol. The first-order chi connectivity index (χ1) is 11.0. The van der Waals surface area contributed by atoms with Crippen LogP contribution < -0.4 is 11.1 Å². The van der Waals surface area contributed by atoms with Gasteiger partial charge >= 0.3 is 0 Å². The molecule has 0 atom stereocenters. The summed E-state index contributed by atoms with van der Waals surface area (Å²) in [6.07, 6.45) is 0. The maximum atomic E-state index is 12.3. The van der Waals surface area contributed by atoms with Gasteiger partial charge in [-0.2, -0.15) is 5.10 Å². The van der Waals surface area contributed by atoms with Gasteiger partial charge in [-0.1, -0.05) is 0 Å². The summed E-state index contributed by atoms with van der Waals surface area (Å²) in [6.45, 7) is 0.129. The van der Waals surface area contributed by atoms with Crippen molar-refractivity contribution < 1.29 is 4.79 Å². The Kier molecular flexibility index (Phi) is 3.78. The lowest BCUT2D eigenvalue weighted by atomic mass is 10.3. The molecule has 0 saturated carbocycles. The van der Waals surface area contributed by atoms with Gasteiger partial charge in [-0.3, -0.25) is 14.4 Å². The monoisotopic (exact) mass is 331 g/mol. The summed E-state index contributed by atoms with van der Waals surface area (Å²) >= 11 is 1.32. The van der Waals surface area contributed by atoms with Gasteiger partial charge < -0.3 is 9.88 Å². The van der Waals surface area contributed by atoms with E-state index in [9.17, 15) is 14.4 Å². The van der Waals surface area contributed by atoms with E-state index in [0.717, 1.165) is 4.68 Å². The summed E-state index contributed by atoms with van der Waals surface area (Å²) in [5.41, 5.74) is 0.239. The summed E-state index contributed by atoms with van der Waals surface area (Å²) in [5.74, 6) is 0.0234. The molecule has 3 aromatic rings. The topological polar surface area (TPSA) is 101 Å². The standard InChI is InChI=1S/C14H13N5O3S/c1-18(14(22)9-3-4-11(20)19(2)17-9)7-10-15-8-5-6-23-12(8)13(21)16-10/h3-6H,7H2,1-2H3,(H,15,16,21). The SMILES string of the molecule is CN(Cc1nc2ccsc2c(=O)[nH]1)C(=O)c1ccc(=O)n(C)n1. The van der Waals surface area contributed by atoms with Crippen LogP contribution in [0, 0.1) is 0 Å². The van der Waals surface area contributed by atoms with Crippen LogP contribution in [-0.2, 0) is 13.6 Å². The van der Waals surface area contributed by atoms with Crippen LogP contribution in [0.5, 0.6) is 0 Å². The second-order valence-electron chi connectivity index (χ2n) is 4.99. The number of aryl methyl sites for hydroxylation is 1. The van der Waals surface area contributed by atoms with Crippen molar-refractivity contribution in [3.05, 3.63) is 55.8 Å². The third-order valence-electron chi connectivity index (χ3n) is 3.28. The molecule has 23 heavy (non-hydrogen) atoms. The quantitative estimate of drug-likeness (QED) is 0.746. The van der Waals surface area contributed by atoms with Crippen molar-refractivity contribution in [3.8, 4) is 0 Å². The van der Waals surface area contributed by atoms with E-state index in [0.29, 0.717) is 16.0 Å². The molecule has 3 aromatic heterocycles. The number of aromatic amines is 1. The lowest BCUT2D eigenvalue weighted by Gasteiger charge is -2.16. The van der Waals surface area contributed by atoms with Crippen molar-refractivity contribution in [1.29, 1.82) is 0 Å². The molecule has 0 bridgehead atoms. The Morgan fingerprint density at radius 3 is 2.87 bits per heavy atom. The van der Waals surface area contributed by atoms with Crippen LogP contribution in [0.3, 0.4) is 0 Å². The minimum absolute atomic E-state index is 0.129. The third kappa shape index (κ3) is 2.90. The molecule has 0 aliphatic carbocycles. The summed E-state index contributed by atoms with van der Waals surface area (Å²) in [4.78, 5) is 44.0. The smallest absolute Gasteiger partial charge is 0.274 e. The lowest BCUT2D eigenvalue weighted by Crippen LogP contribution is -2.31. The highest BCUT2D eigenvalue weighted by Gasteiger charge is 2.16. The molecule has 118 valence electrons. The average Bonchev–Trinajstić information content (AvgIpc) is 2.98. The number of thiophene rings is 1. The minimum Gasteiger partial charge on any atom is -0.333 e. The number of nitrogens with zero attached hydrogens (tertiary/aromatic N) is 4. The van der Waals surface area contributed by atoms with E-state index in [1.165, 1.54) is 35.4 Å². The number of fused-ring (bicyclic) bond motifs is 1. The highest BCUT2D eigenvalue weighted by Crippen LogP contribution is 2.14. The maximum Gasteiger partial charge on any atom is 0.274 e. The molecular formula is C14H13N5O3S. The van der Waals surface area contributed by atoms with Gasteiger partial charge in [0.1, 0.15) is 16.2 Å². The number of H-pyrrole nitrogens is 1. The van der Waals surface area contributed by atoms with Crippen LogP contribution in [0.25, 0.3) is 10.2 Å². The van der Waals surface area contributed by atoms with Crippen molar-refractivity contribution in [3.63, 3.8) is 0 Å². The van der Waals surface area contributed by atoms with Crippen molar-refractivity contribution in [2.45, 2.75) is 6.54 Å². The van der Waals surface area contributed by atoms with Crippen molar-refractivity contribution >= 4 is 27.5 Å². The van der Waals surface area contributed by atoms with Gasteiger partial charge in [-0.15, -0.1) is 11.3 Å². The first-order valence-electron chi connectivity index (χ1n) is 6.72. The summed E-state index contributed by atoms with van der Waals surface area (Å²) in [7, 11) is 3.05. The van der Waals surface area contributed by atoms with E-state index < -0.39 is 0 Å². The van der Waals surface area contributed by atoms with Gasteiger partial charge in [0.25, 0.3) is 17.0 Å². The van der Waals surface area contributed by atoms with Crippen molar-refractivity contribution in [2.24, 2.45) is 7.05 Å². The Hall–Kier alpha value is -2.81. The molecule has 1 amide bonds. The highest BCUT2D eigenvalue weighted by molar-refractivity contribution is 7.17.